The van der Waals surface area contributed by atoms with E-state index >= 15 is 8.78 Å². The number of anilines is 1. The van der Waals surface area contributed by atoms with E-state index in [1.165, 1.54) is 24.0 Å². The van der Waals surface area contributed by atoms with Crippen LogP contribution in [-0.2, 0) is 10.7 Å². The summed E-state index contributed by atoms with van der Waals surface area (Å²) >= 11 is 0. The number of nitrogens with zero attached hydrogens (tertiary/aromatic N) is 1. The lowest BCUT2D eigenvalue weighted by atomic mass is 9.81. The fraction of sp³-hybridized carbons (Fsp3) is 0.417. The lowest BCUT2D eigenvalue weighted by Gasteiger charge is -2.49. The van der Waals surface area contributed by atoms with Crippen LogP contribution < -0.4 is 11.1 Å². The Morgan fingerprint density at radius 1 is 1.03 bits per heavy atom. The molecule has 3 atom stereocenters. The van der Waals surface area contributed by atoms with Gasteiger partial charge in [-0.25, -0.2) is 8.78 Å². The molecule has 9 heteroatoms. The summed E-state index contributed by atoms with van der Waals surface area (Å²) in [6, 6.07) is 5.41. The van der Waals surface area contributed by atoms with E-state index < -0.39 is 47.0 Å². The van der Waals surface area contributed by atoms with Gasteiger partial charge in [0.05, 0.1) is 5.56 Å². The molecule has 0 radical (unpaired) electrons. The Balaban J connectivity index is 1.60. The molecule has 2 aromatic carbocycles. The van der Waals surface area contributed by atoms with E-state index in [9.17, 15) is 18.4 Å². The van der Waals surface area contributed by atoms with E-state index in [1.54, 1.807) is 0 Å². The van der Waals surface area contributed by atoms with Crippen molar-refractivity contribution in [1.29, 1.82) is 0 Å². The van der Waals surface area contributed by atoms with Gasteiger partial charge in [-0.2, -0.15) is 8.78 Å². The first-order chi connectivity index (χ1) is 15.6. The zero-order valence-corrected chi connectivity index (χ0v) is 18.1. The van der Waals surface area contributed by atoms with Crippen LogP contribution >= 0.6 is 0 Å². The second-order valence-corrected chi connectivity index (χ2v) is 8.87. The molecule has 33 heavy (non-hydrogen) atoms. The number of benzene rings is 2. The SMILES string of the molecule is Cc1cc(NC(=O)c2ccc(F)c(C(F)(F)C(=O)N3[C@@H]4CCC[C@H]3C[C@H](N)C4)c2)ccc1F. The van der Waals surface area contributed by atoms with Gasteiger partial charge in [-0.1, -0.05) is 0 Å². The highest BCUT2D eigenvalue weighted by Crippen LogP contribution is 2.40. The molecule has 2 bridgehead atoms. The number of piperidine rings is 2. The van der Waals surface area contributed by atoms with Crippen molar-refractivity contribution in [2.24, 2.45) is 5.73 Å². The Bertz CT molecular complexity index is 1080. The molecule has 2 heterocycles. The summed E-state index contributed by atoms with van der Waals surface area (Å²) < 4.78 is 58.6. The third-order valence-electron chi connectivity index (χ3n) is 6.50. The summed E-state index contributed by atoms with van der Waals surface area (Å²) in [5, 5.41) is 2.47. The number of carbonyl (C=O) groups is 2. The normalized spacial score (nSPS) is 22.7. The predicted molar refractivity (Wildman–Crippen MR) is 115 cm³/mol. The number of rotatable bonds is 4. The number of aryl methyl sites for hydroxylation is 1. The van der Waals surface area contributed by atoms with E-state index in [2.05, 4.69) is 5.32 Å². The van der Waals surface area contributed by atoms with Crippen molar-refractivity contribution in [2.45, 2.75) is 63.1 Å². The van der Waals surface area contributed by atoms with Crippen LogP contribution in [0.4, 0.5) is 23.2 Å². The molecule has 0 aliphatic carbocycles. The molecule has 0 unspecified atom stereocenters. The summed E-state index contributed by atoms with van der Waals surface area (Å²) in [4.78, 5) is 26.7. The fourth-order valence-corrected chi connectivity index (χ4v) is 4.87. The van der Waals surface area contributed by atoms with Gasteiger partial charge in [0, 0.05) is 29.4 Å². The Morgan fingerprint density at radius 3 is 2.30 bits per heavy atom. The molecule has 2 fully saturated rings. The van der Waals surface area contributed by atoms with Crippen LogP contribution in [0.5, 0.6) is 0 Å². The summed E-state index contributed by atoms with van der Waals surface area (Å²) in [5.74, 6) is -8.14. The number of halogens is 4. The summed E-state index contributed by atoms with van der Waals surface area (Å²) in [6.45, 7) is 1.51. The lowest BCUT2D eigenvalue weighted by molar-refractivity contribution is -0.169. The van der Waals surface area contributed by atoms with Crippen molar-refractivity contribution in [3.8, 4) is 0 Å². The fourth-order valence-electron chi connectivity index (χ4n) is 4.87. The van der Waals surface area contributed by atoms with Crippen molar-refractivity contribution in [3.63, 3.8) is 0 Å². The van der Waals surface area contributed by atoms with Gasteiger partial charge < -0.3 is 16.0 Å². The molecule has 2 aliphatic rings. The van der Waals surface area contributed by atoms with Crippen molar-refractivity contribution < 1.29 is 27.2 Å². The van der Waals surface area contributed by atoms with Crippen molar-refractivity contribution >= 4 is 17.5 Å². The van der Waals surface area contributed by atoms with Crippen molar-refractivity contribution in [2.75, 3.05) is 5.32 Å². The van der Waals surface area contributed by atoms with E-state index in [-0.39, 0.29) is 22.9 Å². The molecule has 2 aromatic rings. The molecule has 2 amide bonds. The second-order valence-electron chi connectivity index (χ2n) is 8.87. The molecule has 0 spiro atoms. The maximum Gasteiger partial charge on any atom is 0.352 e. The number of fused-ring (bicyclic) bond motifs is 2. The molecule has 0 saturated carbocycles. The highest BCUT2D eigenvalue weighted by atomic mass is 19.3. The quantitative estimate of drug-likeness (QED) is 0.657. The van der Waals surface area contributed by atoms with Crippen LogP contribution in [0.15, 0.2) is 36.4 Å². The van der Waals surface area contributed by atoms with Crippen LogP contribution in [0.25, 0.3) is 0 Å². The van der Waals surface area contributed by atoms with E-state index in [1.807, 2.05) is 0 Å². The van der Waals surface area contributed by atoms with E-state index in [4.69, 9.17) is 5.73 Å². The first-order valence-corrected chi connectivity index (χ1v) is 10.9. The van der Waals surface area contributed by atoms with Gasteiger partial charge in [0.25, 0.3) is 11.8 Å². The number of nitrogens with two attached hydrogens (primary N) is 1. The number of amides is 2. The molecule has 2 aliphatic heterocycles. The molecule has 4 rings (SSSR count). The minimum Gasteiger partial charge on any atom is -0.331 e. The van der Waals surface area contributed by atoms with Gasteiger partial charge >= 0.3 is 5.92 Å². The van der Waals surface area contributed by atoms with Gasteiger partial charge in [-0.05, 0) is 81.0 Å². The first kappa shape index (κ1) is 23.2. The first-order valence-electron chi connectivity index (χ1n) is 10.9. The van der Waals surface area contributed by atoms with Crippen molar-refractivity contribution in [1.82, 2.24) is 4.90 Å². The molecule has 3 N–H and O–H groups in total. The van der Waals surface area contributed by atoms with Gasteiger partial charge in [-0.15, -0.1) is 0 Å². The smallest absolute Gasteiger partial charge is 0.331 e. The number of alkyl halides is 2. The molecule has 0 aromatic heterocycles. The summed E-state index contributed by atoms with van der Waals surface area (Å²) in [5.41, 5.74) is 5.16. The van der Waals surface area contributed by atoms with Gasteiger partial charge in [0.15, 0.2) is 0 Å². The minimum absolute atomic E-state index is 0.156. The number of hydrogen-bond acceptors (Lipinski definition) is 3. The van der Waals surface area contributed by atoms with Crippen LogP contribution in [-0.4, -0.2) is 34.8 Å². The highest BCUT2D eigenvalue weighted by molar-refractivity contribution is 6.04. The number of carbonyl (C=O) groups excluding carboxylic acids is 2. The molecular weight excluding hydrogens is 438 g/mol. The van der Waals surface area contributed by atoms with E-state index in [0.29, 0.717) is 31.7 Å². The second kappa shape index (κ2) is 8.78. The largest absolute Gasteiger partial charge is 0.352 e. The average Bonchev–Trinajstić information content (AvgIpc) is 2.75. The highest BCUT2D eigenvalue weighted by Gasteiger charge is 2.51. The van der Waals surface area contributed by atoms with Gasteiger partial charge in [-0.3, -0.25) is 9.59 Å². The molecule has 5 nitrogen and oxygen atoms in total. The van der Waals surface area contributed by atoms with Crippen LogP contribution in [0, 0.1) is 18.6 Å². The maximum absolute atomic E-state index is 15.3. The topological polar surface area (TPSA) is 75.4 Å². The average molecular weight is 463 g/mol. The Kier molecular flexibility index (Phi) is 6.18. The van der Waals surface area contributed by atoms with Gasteiger partial charge in [0.1, 0.15) is 11.6 Å². The maximum atomic E-state index is 15.3. The molecule has 176 valence electrons. The van der Waals surface area contributed by atoms with Crippen molar-refractivity contribution in [3.05, 3.63) is 64.7 Å². The van der Waals surface area contributed by atoms with E-state index in [0.717, 1.165) is 24.6 Å². The molecular formula is C24H25F4N3O2. The monoisotopic (exact) mass is 463 g/mol. The number of nitrogens with one attached hydrogen (secondary N) is 1. The third-order valence-corrected chi connectivity index (χ3v) is 6.50. The zero-order valence-electron chi connectivity index (χ0n) is 18.1. The predicted octanol–water partition coefficient (Wildman–Crippen LogP) is 4.49. The lowest BCUT2D eigenvalue weighted by Crippen LogP contribution is -2.60. The Hall–Kier alpha value is -2.94. The summed E-state index contributed by atoms with van der Waals surface area (Å²) in [7, 11) is 0. The van der Waals surface area contributed by atoms with Crippen LogP contribution in [0.3, 0.4) is 0 Å². The van der Waals surface area contributed by atoms with Crippen LogP contribution in [0.2, 0.25) is 0 Å². The zero-order chi connectivity index (χ0) is 23.9. The minimum atomic E-state index is -4.15. The summed E-state index contributed by atoms with van der Waals surface area (Å²) in [6.07, 6.45) is 2.84. The molecule has 2 saturated heterocycles. The van der Waals surface area contributed by atoms with Crippen LogP contribution in [0.1, 0.15) is 53.6 Å². The Labute approximate surface area is 188 Å². The van der Waals surface area contributed by atoms with Gasteiger partial charge in [0.2, 0.25) is 0 Å². The third kappa shape index (κ3) is 4.46. The Morgan fingerprint density at radius 2 is 1.67 bits per heavy atom. The standard InChI is InChI=1S/C24H25F4N3O2/c1-13-9-16(6-8-20(13)25)30-22(32)14-5-7-21(26)19(10-14)24(27,28)23(33)31-17-3-2-4-18(31)12-15(29)11-17/h5-10,15,17-18H,2-4,11-12,29H2,1H3,(H,30,32)/t15-,17-,18+. The number of hydrogen-bond donors (Lipinski definition) is 2.